The fourth-order valence-corrected chi connectivity index (χ4v) is 4.86. The summed E-state index contributed by atoms with van der Waals surface area (Å²) < 4.78 is 24.4. The van der Waals surface area contributed by atoms with Gasteiger partial charge in [0.05, 0.1) is 5.02 Å². The molecule has 7 nitrogen and oxygen atoms in total. The molecule has 0 aromatic heterocycles. The minimum absolute atomic E-state index is 0.00267. The molecule has 1 aromatic carbocycles. The van der Waals surface area contributed by atoms with Gasteiger partial charge in [-0.15, -0.1) is 0 Å². The number of carbonyl (C=O) groups is 2. The Kier molecular flexibility index (Phi) is 5.44. The number of rotatable bonds is 6. The zero-order valence-electron chi connectivity index (χ0n) is 16.3. The van der Waals surface area contributed by atoms with Gasteiger partial charge in [-0.3, -0.25) is 14.9 Å². The molecule has 3 aliphatic carbocycles. The van der Waals surface area contributed by atoms with E-state index in [1.54, 1.807) is 0 Å². The molecule has 1 heterocycles. The molecule has 5 rings (SSSR count). The van der Waals surface area contributed by atoms with E-state index in [2.05, 4.69) is 16.0 Å². The van der Waals surface area contributed by atoms with Gasteiger partial charge in [-0.2, -0.15) is 0 Å². The van der Waals surface area contributed by atoms with Crippen LogP contribution in [0.4, 0.5) is 4.39 Å². The first-order valence-electron chi connectivity index (χ1n) is 9.85. The lowest BCUT2D eigenvalue weighted by molar-refractivity contribution is -0.133. The molecular formula is C20H25ClFN3O4. The number of carbonyl (C=O) groups excluding carboxylic acids is 2. The van der Waals surface area contributed by atoms with E-state index in [-0.39, 0.29) is 53.0 Å². The fraction of sp³-hybridized carbons (Fsp3) is 0.600. The molecule has 4 aliphatic rings. The SMILES string of the molecule is CC1NC(C)C(C(=O)NC2CC3(NC(=O)COc4ccc(Cl)c(F)c4)CC2C3)O1. The summed E-state index contributed by atoms with van der Waals surface area (Å²) in [6.07, 6.45) is 1.71. The smallest absolute Gasteiger partial charge is 0.258 e. The zero-order valence-corrected chi connectivity index (χ0v) is 17.1. The highest BCUT2D eigenvalue weighted by molar-refractivity contribution is 6.30. The van der Waals surface area contributed by atoms with Crippen LogP contribution < -0.4 is 20.7 Å². The summed E-state index contributed by atoms with van der Waals surface area (Å²) in [5, 5.41) is 9.30. The average molecular weight is 426 g/mol. The van der Waals surface area contributed by atoms with E-state index in [0.29, 0.717) is 12.3 Å². The lowest BCUT2D eigenvalue weighted by atomic mass is 9.76. The van der Waals surface area contributed by atoms with E-state index in [1.807, 2.05) is 13.8 Å². The molecule has 1 saturated heterocycles. The van der Waals surface area contributed by atoms with Gasteiger partial charge in [-0.1, -0.05) is 11.6 Å². The minimum Gasteiger partial charge on any atom is -0.484 e. The van der Waals surface area contributed by atoms with Gasteiger partial charge >= 0.3 is 0 Å². The molecule has 4 unspecified atom stereocenters. The highest BCUT2D eigenvalue weighted by Crippen LogP contribution is 2.52. The van der Waals surface area contributed by atoms with E-state index >= 15 is 0 Å². The molecule has 3 N–H and O–H groups in total. The highest BCUT2D eigenvalue weighted by atomic mass is 35.5. The van der Waals surface area contributed by atoms with Crippen LogP contribution in [-0.4, -0.2) is 48.4 Å². The molecule has 4 atom stereocenters. The van der Waals surface area contributed by atoms with Crippen molar-refractivity contribution >= 4 is 23.4 Å². The van der Waals surface area contributed by atoms with Gasteiger partial charge in [-0.25, -0.2) is 4.39 Å². The van der Waals surface area contributed by atoms with Crippen molar-refractivity contribution in [3.63, 3.8) is 0 Å². The van der Waals surface area contributed by atoms with Crippen LogP contribution in [0, 0.1) is 11.7 Å². The van der Waals surface area contributed by atoms with Gasteiger partial charge in [0.15, 0.2) is 12.7 Å². The topological polar surface area (TPSA) is 88.7 Å². The third-order valence-electron chi connectivity index (χ3n) is 6.04. The first-order chi connectivity index (χ1) is 13.7. The lowest BCUT2D eigenvalue weighted by Gasteiger charge is -2.39. The van der Waals surface area contributed by atoms with Crippen molar-refractivity contribution < 1.29 is 23.5 Å². The summed E-state index contributed by atoms with van der Waals surface area (Å²) in [6.45, 7) is 3.60. The zero-order chi connectivity index (χ0) is 20.8. The van der Waals surface area contributed by atoms with Crippen LogP contribution in [0.15, 0.2) is 18.2 Å². The molecule has 9 heteroatoms. The molecule has 3 saturated carbocycles. The van der Waals surface area contributed by atoms with Crippen LogP contribution in [0.5, 0.6) is 5.75 Å². The molecule has 4 fully saturated rings. The van der Waals surface area contributed by atoms with Gasteiger partial charge < -0.3 is 20.1 Å². The standard InChI is InChI=1S/C20H25ClFN3O4/c1-10-18(29-11(2)23-10)19(27)24-16-8-20(6-12(16)7-20)25-17(26)9-28-13-3-4-14(21)15(22)5-13/h3-5,10-12,16,18,23H,6-9H2,1-2H3,(H,24,27)(H,25,26). The lowest BCUT2D eigenvalue weighted by Crippen LogP contribution is -2.53. The van der Waals surface area contributed by atoms with Crippen molar-refractivity contribution in [3.8, 4) is 5.75 Å². The van der Waals surface area contributed by atoms with Crippen molar-refractivity contribution in [2.24, 2.45) is 5.92 Å². The number of nitrogens with one attached hydrogen (secondary N) is 3. The summed E-state index contributed by atoms with van der Waals surface area (Å²) >= 11 is 5.64. The summed E-state index contributed by atoms with van der Waals surface area (Å²) in [5.41, 5.74) is -0.304. The Morgan fingerprint density at radius 3 is 2.76 bits per heavy atom. The average Bonchev–Trinajstić information content (AvgIpc) is 3.25. The largest absolute Gasteiger partial charge is 0.484 e. The third-order valence-corrected chi connectivity index (χ3v) is 6.35. The quantitative estimate of drug-likeness (QED) is 0.646. The number of ether oxygens (including phenoxy) is 2. The number of amides is 2. The third kappa shape index (κ3) is 4.20. The van der Waals surface area contributed by atoms with Gasteiger partial charge in [0.1, 0.15) is 17.8 Å². The van der Waals surface area contributed by atoms with Crippen LogP contribution in [0.25, 0.3) is 0 Å². The van der Waals surface area contributed by atoms with Gasteiger partial charge in [0.2, 0.25) is 0 Å². The monoisotopic (exact) mass is 425 g/mol. The Labute approximate surface area is 173 Å². The van der Waals surface area contributed by atoms with E-state index in [4.69, 9.17) is 21.1 Å². The number of hydrogen-bond acceptors (Lipinski definition) is 5. The molecular weight excluding hydrogens is 401 g/mol. The predicted octanol–water partition coefficient (Wildman–Crippen LogP) is 1.73. The summed E-state index contributed by atoms with van der Waals surface area (Å²) in [6, 6.07) is 4.04. The number of benzene rings is 1. The maximum absolute atomic E-state index is 13.4. The van der Waals surface area contributed by atoms with E-state index in [9.17, 15) is 14.0 Å². The van der Waals surface area contributed by atoms with Gasteiger partial charge in [0.25, 0.3) is 11.8 Å². The maximum atomic E-state index is 13.4. The molecule has 2 amide bonds. The van der Waals surface area contributed by atoms with Crippen molar-refractivity contribution in [1.29, 1.82) is 0 Å². The van der Waals surface area contributed by atoms with Crippen molar-refractivity contribution in [1.82, 2.24) is 16.0 Å². The summed E-state index contributed by atoms with van der Waals surface area (Å²) in [7, 11) is 0. The molecule has 1 aliphatic heterocycles. The molecule has 0 spiro atoms. The Bertz CT molecular complexity index is 817. The fourth-order valence-electron chi connectivity index (χ4n) is 4.74. The van der Waals surface area contributed by atoms with Crippen LogP contribution >= 0.6 is 11.6 Å². The van der Waals surface area contributed by atoms with Crippen molar-refractivity contribution in [2.75, 3.05) is 6.61 Å². The van der Waals surface area contributed by atoms with Crippen LogP contribution in [0.1, 0.15) is 33.1 Å². The van der Waals surface area contributed by atoms with E-state index in [1.165, 1.54) is 12.1 Å². The first kappa shape index (κ1) is 20.4. The Hall–Kier alpha value is -1.90. The number of fused-ring (bicyclic) bond motifs is 1. The second-order valence-corrected chi connectivity index (χ2v) is 8.74. The van der Waals surface area contributed by atoms with Gasteiger partial charge in [-0.05, 0) is 51.2 Å². The molecule has 2 bridgehead atoms. The molecule has 158 valence electrons. The van der Waals surface area contributed by atoms with Crippen LogP contribution in [-0.2, 0) is 14.3 Å². The molecule has 0 radical (unpaired) electrons. The van der Waals surface area contributed by atoms with Crippen molar-refractivity contribution in [3.05, 3.63) is 29.0 Å². The van der Waals surface area contributed by atoms with E-state index < -0.39 is 11.9 Å². The van der Waals surface area contributed by atoms with Crippen molar-refractivity contribution in [2.45, 2.75) is 63.1 Å². The maximum Gasteiger partial charge on any atom is 0.258 e. The number of halogens is 2. The predicted molar refractivity (Wildman–Crippen MR) is 104 cm³/mol. The normalized spacial score (nSPS) is 35.1. The Morgan fingerprint density at radius 1 is 1.34 bits per heavy atom. The Morgan fingerprint density at radius 2 is 2.10 bits per heavy atom. The number of hydrogen-bond donors (Lipinski definition) is 3. The summed E-state index contributed by atoms with van der Waals surface area (Å²) in [4.78, 5) is 24.8. The minimum atomic E-state index is -0.593. The summed E-state index contributed by atoms with van der Waals surface area (Å²) in [5.74, 6) is -0.369. The first-order valence-corrected chi connectivity index (χ1v) is 10.2. The van der Waals surface area contributed by atoms with Gasteiger partial charge in [0, 0.05) is 23.7 Å². The van der Waals surface area contributed by atoms with Crippen LogP contribution in [0.2, 0.25) is 5.02 Å². The molecule has 29 heavy (non-hydrogen) atoms. The highest BCUT2D eigenvalue weighted by Gasteiger charge is 2.57. The van der Waals surface area contributed by atoms with E-state index in [0.717, 1.165) is 18.9 Å². The second-order valence-electron chi connectivity index (χ2n) is 8.33. The Balaban J connectivity index is 1.25. The second kappa shape index (κ2) is 7.74. The molecule has 1 aromatic rings. The van der Waals surface area contributed by atoms with Crippen LogP contribution in [0.3, 0.4) is 0 Å².